The van der Waals surface area contributed by atoms with Crippen molar-refractivity contribution >= 4 is 16.9 Å². The summed E-state index contributed by atoms with van der Waals surface area (Å²) >= 11 is 0. The van der Waals surface area contributed by atoms with Gasteiger partial charge in [0.15, 0.2) is 0 Å². The molecular formula is C26H22F3N3O. The molecule has 0 bridgehead atoms. The second kappa shape index (κ2) is 8.73. The van der Waals surface area contributed by atoms with Crippen molar-refractivity contribution in [2.75, 3.05) is 13.1 Å². The van der Waals surface area contributed by atoms with Crippen molar-refractivity contribution in [1.82, 2.24) is 14.5 Å². The zero-order valence-electron chi connectivity index (χ0n) is 17.8. The zero-order valence-corrected chi connectivity index (χ0v) is 17.8. The Bertz CT molecular complexity index is 1290. The minimum absolute atomic E-state index is 0.0150. The number of benzene rings is 3. The van der Waals surface area contributed by atoms with Gasteiger partial charge in [-0.25, -0.2) is 18.2 Å². The highest BCUT2D eigenvalue weighted by molar-refractivity contribution is 5.81. The first-order chi connectivity index (χ1) is 16.0. The molecule has 7 heteroatoms. The summed E-state index contributed by atoms with van der Waals surface area (Å²) in [5, 5.41) is 0. The van der Waals surface area contributed by atoms with Crippen LogP contribution in [0.2, 0.25) is 0 Å². The van der Waals surface area contributed by atoms with Crippen LogP contribution in [0.15, 0.2) is 66.7 Å². The predicted molar refractivity (Wildman–Crippen MR) is 120 cm³/mol. The molecule has 1 aliphatic heterocycles. The lowest BCUT2D eigenvalue weighted by molar-refractivity contribution is -0.131. The molecule has 0 spiro atoms. The number of likely N-dealkylation sites (tertiary alicyclic amines) is 1. The summed E-state index contributed by atoms with van der Waals surface area (Å²) in [6, 6.07) is 17.9. The minimum Gasteiger partial charge on any atom is -0.342 e. The Hall–Kier alpha value is -3.61. The Labute approximate surface area is 189 Å². The van der Waals surface area contributed by atoms with Crippen LogP contribution in [0.1, 0.15) is 24.4 Å². The molecule has 0 unspecified atom stereocenters. The highest BCUT2D eigenvalue weighted by atomic mass is 19.1. The van der Waals surface area contributed by atoms with Crippen LogP contribution in [-0.4, -0.2) is 33.4 Å². The van der Waals surface area contributed by atoms with Gasteiger partial charge in [-0.05, 0) is 43.2 Å². The van der Waals surface area contributed by atoms with Crippen molar-refractivity contribution in [3.63, 3.8) is 0 Å². The van der Waals surface area contributed by atoms with Gasteiger partial charge in [0.05, 0.1) is 17.5 Å². The number of carbonyl (C=O) groups is 1. The van der Waals surface area contributed by atoms with Crippen LogP contribution in [0.5, 0.6) is 0 Å². The van der Waals surface area contributed by atoms with Crippen molar-refractivity contribution in [1.29, 1.82) is 0 Å². The average molecular weight is 449 g/mol. The first kappa shape index (κ1) is 21.2. The zero-order chi connectivity index (χ0) is 22.9. The van der Waals surface area contributed by atoms with Gasteiger partial charge in [0.25, 0.3) is 0 Å². The van der Waals surface area contributed by atoms with Crippen molar-refractivity contribution in [3.8, 4) is 11.4 Å². The number of rotatable bonds is 4. The molecule has 0 radical (unpaired) electrons. The van der Waals surface area contributed by atoms with Crippen LogP contribution >= 0.6 is 0 Å². The maximum atomic E-state index is 14.1. The number of aromatic nitrogens is 2. The Balaban J connectivity index is 1.39. The number of hydrogen-bond donors (Lipinski definition) is 0. The number of nitrogens with zero attached hydrogens (tertiary/aromatic N) is 3. The van der Waals surface area contributed by atoms with Crippen molar-refractivity contribution < 1.29 is 18.0 Å². The first-order valence-electron chi connectivity index (χ1n) is 10.9. The van der Waals surface area contributed by atoms with Gasteiger partial charge in [-0.2, -0.15) is 0 Å². The summed E-state index contributed by atoms with van der Waals surface area (Å²) in [6.07, 6.45) is 0.957. The van der Waals surface area contributed by atoms with Crippen LogP contribution in [0.25, 0.3) is 22.4 Å². The van der Waals surface area contributed by atoms with E-state index in [2.05, 4.69) is 4.57 Å². The van der Waals surface area contributed by atoms with E-state index in [0.717, 1.165) is 23.5 Å². The smallest absolute Gasteiger partial charge is 0.227 e. The number of amides is 1. The largest absolute Gasteiger partial charge is 0.342 e. The van der Waals surface area contributed by atoms with E-state index in [1.54, 1.807) is 11.0 Å². The third-order valence-corrected chi connectivity index (χ3v) is 6.26. The molecule has 4 aromatic rings. The van der Waals surface area contributed by atoms with E-state index < -0.39 is 11.6 Å². The summed E-state index contributed by atoms with van der Waals surface area (Å²) in [4.78, 5) is 19.1. The first-order valence-corrected chi connectivity index (χ1v) is 10.9. The lowest BCUT2D eigenvalue weighted by Crippen LogP contribution is -2.40. The second-order valence-corrected chi connectivity index (χ2v) is 8.29. The van der Waals surface area contributed by atoms with Crippen molar-refractivity contribution in [2.24, 2.45) is 0 Å². The molecule has 0 atom stereocenters. The fraction of sp³-hybridized carbons (Fsp3) is 0.231. The van der Waals surface area contributed by atoms with Gasteiger partial charge in [-0.15, -0.1) is 0 Å². The van der Waals surface area contributed by atoms with Crippen LogP contribution in [0.3, 0.4) is 0 Å². The fourth-order valence-electron chi connectivity index (χ4n) is 4.56. The Morgan fingerprint density at radius 2 is 1.61 bits per heavy atom. The third kappa shape index (κ3) is 4.11. The Morgan fingerprint density at radius 3 is 2.30 bits per heavy atom. The van der Waals surface area contributed by atoms with E-state index in [9.17, 15) is 18.0 Å². The van der Waals surface area contributed by atoms with Gasteiger partial charge >= 0.3 is 0 Å². The maximum Gasteiger partial charge on any atom is 0.227 e. The van der Waals surface area contributed by atoms with Crippen LogP contribution in [0.4, 0.5) is 13.2 Å². The van der Waals surface area contributed by atoms with Gasteiger partial charge in [-0.1, -0.05) is 36.4 Å². The number of hydrogen-bond acceptors (Lipinski definition) is 2. The van der Waals surface area contributed by atoms with Crippen LogP contribution in [0, 0.1) is 17.5 Å². The van der Waals surface area contributed by atoms with E-state index in [0.29, 0.717) is 37.0 Å². The van der Waals surface area contributed by atoms with E-state index in [1.807, 2.05) is 30.3 Å². The number of imidazole rings is 1. The highest BCUT2D eigenvalue weighted by Crippen LogP contribution is 2.34. The molecule has 33 heavy (non-hydrogen) atoms. The number of carbonyl (C=O) groups excluding carboxylic acids is 1. The van der Waals surface area contributed by atoms with Gasteiger partial charge in [0.2, 0.25) is 5.91 Å². The van der Waals surface area contributed by atoms with Crippen molar-refractivity contribution in [2.45, 2.75) is 25.3 Å². The summed E-state index contributed by atoms with van der Waals surface area (Å²) < 4.78 is 44.1. The maximum absolute atomic E-state index is 14.1. The molecule has 1 aromatic heterocycles. The lowest BCUT2D eigenvalue weighted by atomic mass is 10.0. The van der Waals surface area contributed by atoms with E-state index >= 15 is 0 Å². The van der Waals surface area contributed by atoms with Crippen LogP contribution < -0.4 is 0 Å². The molecule has 4 nitrogen and oxygen atoms in total. The summed E-state index contributed by atoms with van der Waals surface area (Å²) in [5.74, 6) is -1.30. The number of piperidine rings is 1. The molecule has 1 saturated heterocycles. The predicted octanol–water partition coefficient (Wildman–Crippen LogP) is 5.53. The van der Waals surface area contributed by atoms with E-state index in [-0.39, 0.29) is 29.8 Å². The third-order valence-electron chi connectivity index (χ3n) is 6.26. The number of fused-ring (bicyclic) bond motifs is 1. The molecule has 1 amide bonds. The lowest BCUT2D eigenvalue weighted by Gasteiger charge is -2.34. The molecule has 0 aliphatic carbocycles. The van der Waals surface area contributed by atoms with Gasteiger partial charge in [-0.3, -0.25) is 4.79 Å². The van der Waals surface area contributed by atoms with Gasteiger partial charge < -0.3 is 9.47 Å². The quantitative estimate of drug-likeness (QED) is 0.411. The molecule has 3 aromatic carbocycles. The molecule has 0 N–H and O–H groups in total. The summed E-state index contributed by atoms with van der Waals surface area (Å²) in [6.45, 7) is 0.894. The molecule has 168 valence electrons. The molecule has 2 heterocycles. The normalized spacial score (nSPS) is 14.7. The fourth-order valence-corrected chi connectivity index (χ4v) is 4.56. The van der Waals surface area contributed by atoms with Crippen LogP contribution in [-0.2, 0) is 11.2 Å². The SMILES string of the molecule is O=C(Cc1c(F)cccc1F)N1CCC(n2c(-c3ccccc3)nc3ccc(F)cc32)CC1. The Morgan fingerprint density at radius 1 is 0.909 bits per heavy atom. The van der Waals surface area contributed by atoms with Crippen molar-refractivity contribution in [3.05, 3.63) is 89.7 Å². The standard InChI is InChI=1S/C26H22F3N3O/c27-18-9-10-23-24(15-18)32(26(30-23)17-5-2-1-3-6-17)19-11-13-31(14-12-19)25(33)16-20-21(28)7-4-8-22(20)29/h1-10,15,19H,11-14,16H2. The highest BCUT2D eigenvalue weighted by Gasteiger charge is 2.28. The molecule has 1 fully saturated rings. The molecular weight excluding hydrogens is 427 g/mol. The van der Waals surface area contributed by atoms with E-state index in [1.165, 1.54) is 18.2 Å². The molecule has 0 saturated carbocycles. The molecule has 5 rings (SSSR count). The topological polar surface area (TPSA) is 38.1 Å². The molecule has 1 aliphatic rings. The van der Waals surface area contributed by atoms with Gasteiger partial charge in [0, 0.05) is 30.3 Å². The van der Waals surface area contributed by atoms with E-state index in [4.69, 9.17) is 4.98 Å². The average Bonchev–Trinajstić information content (AvgIpc) is 3.20. The number of halogens is 3. The summed E-state index contributed by atoms with van der Waals surface area (Å²) in [5.41, 5.74) is 2.16. The second-order valence-electron chi connectivity index (χ2n) is 8.29. The Kier molecular flexibility index (Phi) is 5.62. The minimum atomic E-state index is -0.711. The monoisotopic (exact) mass is 449 g/mol. The van der Waals surface area contributed by atoms with Gasteiger partial charge in [0.1, 0.15) is 23.3 Å². The summed E-state index contributed by atoms with van der Waals surface area (Å²) in [7, 11) is 0.